The number of aryl methyl sites for hydroxylation is 1. The smallest absolute Gasteiger partial charge is 0.264 e. The fraction of sp³-hybridized carbons (Fsp3) is 0.333. The van der Waals surface area contributed by atoms with Gasteiger partial charge in [0.05, 0.1) is 17.7 Å². The largest absolute Gasteiger partial charge is 0.497 e. The molecule has 214 valence electrons. The molecule has 0 radical (unpaired) electrons. The van der Waals surface area contributed by atoms with Crippen molar-refractivity contribution in [3.63, 3.8) is 0 Å². The van der Waals surface area contributed by atoms with Crippen LogP contribution in [0, 0.1) is 13.8 Å². The maximum atomic E-state index is 14.0. The van der Waals surface area contributed by atoms with E-state index in [1.165, 1.54) is 17.0 Å². The first-order valence-electron chi connectivity index (χ1n) is 12.9. The van der Waals surface area contributed by atoms with E-state index in [0.29, 0.717) is 16.3 Å². The van der Waals surface area contributed by atoms with Crippen molar-refractivity contribution in [2.24, 2.45) is 0 Å². The molecule has 0 saturated carbocycles. The van der Waals surface area contributed by atoms with Crippen LogP contribution in [0.4, 0.5) is 5.69 Å². The van der Waals surface area contributed by atoms with Crippen molar-refractivity contribution in [3.8, 4) is 5.75 Å². The van der Waals surface area contributed by atoms with Crippen LogP contribution in [0.1, 0.15) is 37.5 Å². The second-order valence-corrected chi connectivity index (χ2v) is 12.2. The number of sulfonamides is 1. The summed E-state index contributed by atoms with van der Waals surface area (Å²) in [7, 11) is -2.64. The van der Waals surface area contributed by atoms with Gasteiger partial charge in [-0.15, -0.1) is 0 Å². The highest BCUT2D eigenvalue weighted by Crippen LogP contribution is 2.31. The van der Waals surface area contributed by atoms with E-state index >= 15 is 0 Å². The van der Waals surface area contributed by atoms with Crippen molar-refractivity contribution in [1.82, 2.24) is 10.2 Å². The normalized spacial score (nSPS) is 12.1. The summed E-state index contributed by atoms with van der Waals surface area (Å²) >= 11 is 6.37. The van der Waals surface area contributed by atoms with E-state index in [9.17, 15) is 18.0 Å². The van der Waals surface area contributed by atoms with Crippen LogP contribution in [0.3, 0.4) is 0 Å². The highest BCUT2D eigenvalue weighted by molar-refractivity contribution is 7.92. The summed E-state index contributed by atoms with van der Waals surface area (Å²) in [6, 6.07) is 17.5. The zero-order chi connectivity index (χ0) is 29.6. The molecule has 0 saturated heterocycles. The van der Waals surface area contributed by atoms with Gasteiger partial charge in [-0.05, 0) is 82.1 Å². The molecule has 3 aromatic rings. The van der Waals surface area contributed by atoms with Crippen molar-refractivity contribution in [1.29, 1.82) is 0 Å². The first kappa shape index (κ1) is 31.0. The molecule has 0 bridgehead atoms. The van der Waals surface area contributed by atoms with Crippen molar-refractivity contribution >= 4 is 39.1 Å². The van der Waals surface area contributed by atoms with E-state index < -0.39 is 28.5 Å². The van der Waals surface area contributed by atoms with Crippen LogP contribution in [0.5, 0.6) is 5.75 Å². The Morgan fingerprint density at radius 2 is 1.62 bits per heavy atom. The number of nitrogens with zero attached hydrogens (tertiary/aromatic N) is 2. The lowest BCUT2D eigenvalue weighted by Crippen LogP contribution is -2.52. The number of carbonyl (C=O) groups is 2. The number of rotatable bonds is 11. The van der Waals surface area contributed by atoms with Gasteiger partial charge in [-0.25, -0.2) is 8.42 Å². The molecule has 2 amide bonds. The first-order chi connectivity index (χ1) is 18.8. The molecule has 0 spiro atoms. The molecule has 0 aliphatic rings. The van der Waals surface area contributed by atoms with Crippen LogP contribution in [-0.4, -0.2) is 50.9 Å². The van der Waals surface area contributed by atoms with E-state index in [-0.39, 0.29) is 29.1 Å². The van der Waals surface area contributed by atoms with Crippen LogP contribution in [0.15, 0.2) is 71.6 Å². The monoisotopic (exact) mass is 585 g/mol. The molecule has 10 heteroatoms. The van der Waals surface area contributed by atoms with Gasteiger partial charge in [0.25, 0.3) is 10.0 Å². The molecule has 1 atom stereocenters. The number of anilines is 1. The Hall–Kier alpha value is -3.56. The summed E-state index contributed by atoms with van der Waals surface area (Å²) in [5, 5.41) is 3.21. The van der Waals surface area contributed by atoms with E-state index in [1.807, 2.05) is 26.8 Å². The minimum Gasteiger partial charge on any atom is -0.497 e. The van der Waals surface area contributed by atoms with Crippen molar-refractivity contribution < 1.29 is 22.7 Å². The fourth-order valence-corrected chi connectivity index (χ4v) is 5.81. The van der Waals surface area contributed by atoms with E-state index in [4.69, 9.17) is 16.3 Å². The van der Waals surface area contributed by atoms with Crippen LogP contribution >= 0.6 is 11.6 Å². The predicted molar refractivity (Wildman–Crippen MR) is 158 cm³/mol. The Bertz CT molecular complexity index is 1460. The summed E-state index contributed by atoms with van der Waals surface area (Å²) in [6.07, 6.45) is 0. The average Bonchev–Trinajstić information content (AvgIpc) is 2.91. The summed E-state index contributed by atoms with van der Waals surface area (Å²) in [5.41, 5.74) is 2.42. The van der Waals surface area contributed by atoms with Gasteiger partial charge in [-0.2, -0.15) is 0 Å². The predicted octanol–water partition coefficient (Wildman–Crippen LogP) is 5.10. The van der Waals surface area contributed by atoms with Gasteiger partial charge in [0.2, 0.25) is 11.8 Å². The number of benzene rings is 3. The number of hydrogen-bond donors (Lipinski definition) is 1. The third-order valence-electron chi connectivity index (χ3n) is 6.48. The van der Waals surface area contributed by atoms with Crippen LogP contribution in [-0.2, 0) is 26.2 Å². The number of amides is 2. The SMILES string of the molecule is COc1cccc(CN(C(=O)CN(c2cccc(Cl)c2C)S(=O)(=O)c2ccc(C)cc2)C(C)C(=O)NC(C)C)c1. The maximum absolute atomic E-state index is 14.0. The van der Waals surface area contributed by atoms with E-state index in [2.05, 4.69) is 5.32 Å². The quantitative estimate of drug-likeness (QED) is 0.338. The van der Waals surface area contributed by atoms with Gasteiger partial charge in [0, 0.05) is 17.6 Å². The summed E-state index contributed by atoms with van der Waals surface area (Å²) < 4.78 is 34.3. The van der Waals surface area contributed by atoms with Gasteiger partial charge in [0.1, 0.15) is 18.3 Å². The molecule has 3 rings (SSSR count). The number of ether oxygens (including phenoxy) is 1. The Morgan fingerprint density at radius 3 is 2.25 bits per heavy atom. The Kier molecular flexibility index (Phi) is 10.2. The Labute approximate surface area is 241 Å². The lowest BCUT2D eigenvalue weighted by atomic mass is 10.1. The molecule has 1 N–H and O–H groups in total. The minimum absolute atomic E-state index is 0.0372. The molecule has 0 aliphatic carbocycles. The average molecular weight is 586 g/mol. The number of hydrogen-bond acceptors (Lipinski definition) is 5. The minimum atomic E-state index is -4.18. The third-order valence-corrected chi connectivity index (χ3v) is 8.66. The van der Waals surface area contributed by atoms with Gasteiger partial charge >= 0.3 is 0 Å². The van der Waals surface area contributed by atoms with Crippen molar-refractivity contribution in [2.45, 2.75) is 58.1 Å². The number of nitrogens with one attached hydrogen (secondary N) is 1. The van der Waals surface area contributed by atoms with E-state index in [0.717, 1.165) is 15.4 Å². The molecule has 40 heavy (non-hydrogen) atoms. The van der Waals surface area contributed by atoms with Gasteiger partial charge in [-0.3, -0.25) is 13.9 Å². The topological polar surface area (TPSA) is 96.0 Å². The van der Waals surface area contributed by atoms with Crippen molar-refractivity contribution in [2.75, 3.05) is 18.0 Å². The zero-order valence-corrected chi connectivity index (χ0v) is 25.2. The van der Waals surface area contributed by atoms with Gasteiger partial charge in [-0.1, -0.05) is 47.5 Å². The summed E-state index contributed by atoms with van der Waals surface area (Å²) in [6.45, 7) is 8.37. The standard InChI is InChI=1S/C30H36ClN3O5S/c1-20(2)32-30(36)23(5)33(18-24-9-7-10-25(17-24)39-6)29(35)19-34(28-12-8-11-27(31)22(28)4)40(37,38)26-15-13-21(3)14-16-26/h7-17,20,23H,18-19H2,1-6H3,(H,32,36). The molecule has 3 aromatic carbocycles. The molecular weight excluding hydrogens is 550 g/mol. The zero-order valence-electron chi connectivity index (χ0n) is 23.6. The summed E-state index contributed by atoms with van der Waals surface area (Å²) in [4.78, 5) is 28.5. The molecule has 8 nitrogen and oxygen atoms in total. The maximum Gasteiger partial charge on any atom is 0.264 e. The lowest BCUT2D eigenvalue weighted by Gasteiger charge is -2.33. The first-order valence-corrected chi connectivity index (χ1v) is 14.7. The van der Waals surface area contributed by atoms with Gasteiger partial charge in [0.15, 0.2) is 0 Å². The fourth-order valence-electron chi connectivity index (χ4n) is 4.17. The number of carbonyl (C=O) groups excluding carboxylic acids is 2. The van der Waals surface area contributed by atoms with Crippen LogP contribution < -0.4 is 14.4 Å². The van der Waals surface area contributed by atoms with Crippen LogP contribution in [0.2, 0.25) is 5.02 Å². The van der Waals surface area contributed by atoms with Gasteiger partial charge < -0.3 is 15.0 Å². The molecule has 0 heterocycles. The highest BCUT2D eigenvalue weighted by Gasteiger charge is 2.33. The Morgan fingerprint density at radius 1 is 0.975 bits per heavy atom. The molecule has 0 fully saturated rings. The number of methoxy groups -OCH3 is 1. The molecular formula is C30H36ClN3O5S. The van der Waals surface area contributed by atoms with Crippen LogP contribution in [0.25, 0.3) is 0 Å². The lowest BCUT2D eigenvalue weighted by molar-refractivity contribution is -0.139. The van der Waals surface area contributed by atoms with Crippen molar-refractivity contribution in [3.05, 3.63) is 88.4 Å². The second-order valence-electron chi connectivity index (χ2n) is 9.92. The molecule has 0 aromatic heterocycles. The molecule has 0 aliphatic heterocycles. The molecule has 1 unspecified atom stereocenters. The highest BCUT2D eigenvalue weighted by atomic mass is 35.5. The second kappa shape index (κ2) is 13.2. The summed E-state index contributed by atoms with van der Waals surface area (Å²) in [5.74, 6) is -0.301. The number of halogens is 1. The Balaban J connectivity index is 2.08. The van der Waals surface area contributed by atoms with E-state index in [1.54, 1.807) is 69.5 Å². The third kappa shape index (κ3) is 7.34.